The zero-order valence-electron chi connectivity index (χ0n) is 11.6. The smallest absolute Gasteiger partial charge is 0.267 e. The van der Waals surface area contributed by atoms with Gasteiger partial charge in [0, 0.05) is 5.69 Å². The normalized spacial score (nSPS) is 16.3. The summed E-state index contributed by atoms with van der Waals surface area (Å²) in [5.74, 6) is 0.632. The van der Waals surface area contributed by atoms with Crippen molar-refractivity contribution in [3.05, 3.63) is 48.0 Å². The number of fused-ring (bicyclic) bond motifs is 1. The Hall–Kier alpha value is -2.69. The maximum absolute atomic E-state index is 12.3. The standard InChI is InChI=1S/C16H16N2O3/c1-10-8-11(19)6-7-12(10)18-16(20)15-9-17-13-4-2-3-5-14(13)21-15/h2-8,15,17,19H,9H2,1H3,(H,18,20). The van der Waals surface area contributed by atoms with Gasteiger partial charge in [0.15, 0.2) is 6.10 Å². The van der Waals surface area contributed by atoms with Crippen LogP contribution < -0.4 is 15.4 Å². The molecular formula is C16H16N2O3. The van der Waals surface area contributed by atoms with Crippen LogP contribution in [0.25, 0.3) is 0 Å². The van der Waals surface area contributed by atoms with Crippen molar-refractivity contribution in [3.8, 4) is 11.5 Å². The van der Waals surface area contributed by atoms with Gasteiger partial charge in [-0.3, -0.25) is 4.79 Å². The summed E-state index contributed by atoms with van der Waals surface area (Å²) in [4.78, 5) is 12.3. The minimum absolute atomic E-state index is 0.176. The van der Waals surface area contributed by atoms with Crippen molar-refractivity contribution < 1.29 is 14.6 Å². The van der Waals surface area contributed by atoms with Gasteiger partial charge in [0.25, 0.3) is 5.91 Å². The lowest BCUT2D eigenvalue weighted by Crippen LogP contribution is -2.41. The minimum atomic E-state index is -0.590. The predicted octanol–water partition coefficient (Wildman–Crippen LogP) is 2.51. The molecule has 1 heterocycles. The fourth-order valence-corrected chi connectivity index (χ4v) is 2.26. The van der Waals surface area contributed by atoms with Crippen molar-refractivity contribution in [2.45, 2.75) is 13.0 Å². The summed E-state index contributed by atoms with van der Waals surface area (Å²) in [7, 11) is 0. The average Bonchev–Trinajstić information content (AvgIpc) is 2.49. The molecule has 0 spiro atoms. The third kappa shape index (κ3) is 2.76. The molecule has 1 amide bonds. The van der Waals surface area contributed by atoms with E-state index in [4.69, 9.17) is 4.74 Å². The largest absolute Gasteiger partial charge is 0.508 e. The number of nitrogens with one attached hydrogen (secondary N) is 2. The molecule has 2 aromatic carbocycles. The predicted molar refractivity (Wildman–Crippen MR) is 80.8 cm³/mol. The van der Waals surface area contributed by atoms with Gasteiger partial charge in [-0.05, 0) is 42.8 Å². The summed E-state index contributed by atoms with van der Waals surface area (Å²) in [6.07, 6.45) is -0.590. The van der Waals surface area contributed by atoms with E-state index in [1.54, 1.807) is 12.1 Å². The number of phenols is 1. The van der Waals surface area contributed by atoms with Crippen molar-refractivity contribution in [1.82, 2.24) is 0 Å². The first-order valence-corrected chi connectivity index (χ1v) is 6.73. The number of amides is 1. The van der Waals surface area contributed by atoms with Crippen LogP contribution in [0.15, 0.2) is 42.5 Å². The molecule has 5 nitrogen and oxygen atoms in total. The Labute approximate surface area is 122 Å². The number of benzene rings is 2. The molecule has 0 fully saturated rings. The Balaban J connectivity index is 1.72. The van der Waals surface area contributed by atoms with E-state index in [2.05, 4.69) is 10.6 Å². The molecule has 0 bridgehead atoms. The SMILES string of the molecule is Cc1cc(O)ccc1NC(=O)C1CNc2ccccc2O1. The van der Waals surface area contributed by atoms with Crippen LogP contribution in [0, 0.1) is 6.92 Å². The summed E-state index contributed by atoms with van der Waals surface area (Å²) >= 11 is 0. The first-order chi connectivity index (χ1) is 10.1. The van der Waals surface area contributed by atoms with E-state index >= 15 is 0 Å². The molecule has 1 aliphatic rings. The van der Waals surface area contributed by atoms with Gasteiger partial charge in [-0.2, -0.15) is 0 Å². The highest BCUT2D eigenvalue weighted by Gasteiger charge is 2.25. The first-order valence-electron chi connectivity index (χ1n) is 6.73. The molecule has 1 unspecified atom stereocenters. The number of rotatable bonds is 2. The zero-order chi connectivity index (χ0) is 14.8. The number of hydrogen-bond acceptors (Lipinski definition) is 4. The number of hydrogen-bond donors (Lipinski definition) is 3. The number of phenolic OH excluding ortho intramolecular Hbond substituents is 1. The molecule has 3 rings (SSSR count). The summed E-state index contributed by atoms with van der Waals surface area (Å²) in [6, 6.07) is 12.3. The Bertz CT molecular complexity index is 685. The molecule has 108 valence electrons. The second kappa shape index (κ2) is 5.36. The summed E-state index contributed by atoms with van der Waals surface area (Å²) in [5.41, 5.74) is 2.36. The van der Waals surface area contributed by atoms with Gasteiger partial charge in [0.2, 0.25) is 0 Å². The molecule has 3 N–H and O–H groups in total. The third-order valence-corrected chi connectivity index (χ3v) is 3.39. The molecule has 0 saturated heterocycles. The summed E-state index contributed by atoms with van der Waals surface area (Å²) < 4.78 is 5.71. The van der Waals surface area contributed by atoms with Crippen molar-refractivity contribution in [2.24, 2.45) is 0 Å². The lowest BCUT2D eigenvalue weighted by Gasteiger charge is -2.26. The second-order valence-electron chi connectivity index (χ2n) is 4.97. The molecule has 5 heteroatoms. The fourth-order valence-electron chi connectivity index (χ4n) is 2.26. The van der Waals surface area contributed by atoms with Crippen LogP contribution in [0.5, 0.6) is 11.5 Å². The average molecular weight is 284 g/mol. The summed E-state index contributed by atoms with van der Waals surface area (Å²) in [6.45, 7) is 2.24. The topological polar surface area (TPSA) is 70.6 Å². The molecule has 0 saturated carbocycles. The number of para-hydroxylation sites is 2. The Morgan fingerprint density at radius 2 is 2.14 bits per heavy atom. The molecule has 0 radical (unpaired) electrons. The zero-order valence-corrected chi connectivity index (χ0v) is 11.6. The number of ether oxygens (including phenoxy) is 1. The number of anilines is 2. The van der Waals surface area contributed by atoms with E-state index in [1.807, 2.05) is 31.2 Å². The van der Waals surface area contributed by atoms with Crippen LogP contribution in [0.1, 0.15) is 5.56 Å². The maximum atomic E-state index is 12.3. The number of carbonyl (C=O) groups excluding carboxylic acids is 1. The van der Waals surface area contributed by atoms with Crippen LogP contribution in [-0.4, -0.2) is 23.7 Å². The van der Waals surface area contributed by atoms with Gasteiger partial charge in [0.1, 0.15) is 11.5 Å². The van der Waals surface area contributed by atoms with Crippen molar-refractivity contribution in [3.63, 3.8) is 0 Å². The van der Waals surface area contributed by atoms with Crippen LogP contribution in [0.2, 0.25) is 0 Å². The third-order valence-electron chi connectivity index (χ3n) is 3.39. The Kier molecular flexibility index (Phi) is 3.39. The van der Waals surface area contributed by atoms with Crippen molar-refractivity contribution in [1.29, 1.82) is 0 Å². The Morgan fingerprint density at radius 3 is 2.95 bits per heavy atom. The van der Waals surface area contributed by atoms with Crippen LogP contribution in [0.3, 0.4) is 0 Å². The van der Waals surface area contributed by atoms with E-state index in [0.29, 0.717) is 18.0 Å². The first kappa shape index (κ1) is 13.3. The number of aryl methyl sites for hydroxylation is 1. The van der Waals surface area contributed by atoms with E-state index < -0.39 is 6.10 Å². The highest BCUT2D eigenvalue weighted by atomic mass is 16.5. The van der Waals surface area contributed by atoms with Crippen LogP contribution in [-0.2, 0) is 4.79 Å². The molecule has 21 heavy (non-hydrogen) atoms. The van der Waals surface area contributed by atoms with Gasteiger partial charge in [-0.15, -0.1) is 0 Å². The molecule has 0 aromatic heterocycles. The molecule has 0 aliphatic carbocycles. The fraction of sp³-hybridized carbons (Fsp3) is 0.188. The highest BCUT2D eigenvalue weighted by Crippen LogP contribution is 2.28. The van der Waals surface area contributed by atoms with Gasteiger partial charge in [-0.25, -0.2) is 0 Å². The van der Waals surface area contributed by atoms with Gasteiger partial charge < -0.3 is 20.5 Å². The number of carbonyl (C=O) groups is 1. The lowest BCUT2D eigenvalue weighted by atomic mass is 10.1. The lowest BCUT2D eigenvalue weighted by molar-refractivity contribution is -0.122. The molecule has 1 atom stereocenters. The van der Waals surface area contributed by atoms with E-state index in [-0.39, 0.29) is 11.7 Å². The van der Waals surface area contributed by atoms with Gasteiger partial charge in [-0.1, -0.05) is 12.1 Å². The van der Waals surface area contributed by atoms with Crippen molar-refractivity contribution >= 4 is 17.3 Å². The van der Waals surface area contributed by atoms with Crippen molar-refractivity contribution in [2.75, 3.05) is 17.2 Å². The van der Waals surface area contributed by atoms with Gasteiger partial charge >= 0.3 is 0 Å². The van der Waals surface area contributed by atoms with E-state index in [1.165, 1.54) is 6.07 Å². The van der Waals surface area contributed by atoms with E-state index in [0.717, 1.165) is 11.3 Å². The van der Waals surface area contributed by atoms with Gasteiger partial charge in [0.05, 0.1) is 12.2 Å². The van der Waals surface area contributed by atoms with Crippen LogP contribution >= 0.6 is 0 Å². The van der Waals surface area contributed by atoms with E-state index in [9.17, 15) is 9.90 Å². The monoisotopic (exact) mass is 284 g/mol. The molecular weight excluding hydrogens is 268 g/mol. The number of aromatic hydroxyl groups is 1. The maximum Gasteiger partial charge on any atom is 0.267 e. The summed E-state index contributed by atoms with van der Waals surface area (Å²) in [5, 5.41) is 15.4. The second-order valence-corrected chi connectivity index (χ2v) is 4.97. The minimum Gasteiger partial charge on any atom is -0.508 e. The Morgan fingerprint density at radius 1 is 1.33 bits per heavy atom. The molecule has 1 aliphatic heterocycles. The quantitative estimate of drug-likeness (QED) is 0.741. The molecule has 2 aromatic rings. The van der Waals surface area contributed by atoms with Crippen LogP contribution in [0.4, 0.5) is 11.4 Å². The highest BCUT2D eigenvalue weighted by molar-refractivity contribution is 5.96.